The van der Waals surface area contributed by atoms with Crippen LogP contribution in [-0.2, 0) is 7.05 Å². The summed E-state index contributed by atoms with van der Waals surface area (Å²) in [5.41, 5.74) is 0.737. The van der Waals surface area contributed by atoms with E-state index in [2.05, 4.69) is 10.3 Å². The molecule has 8 heteroatoms. The van der Waals surface area contributed by atoms with Crippen molar-refractivity contribution < 1.29 is 9.59 Å². The molecule has 0 radical (unpaired) electrons. The second-order valence-electron chi connectivity index (χ2n) is 4.84. The first-order chi connectivity index (χ1) is 11.5. The van der Waals surface area contributed by atoms with Crippen LogP contribution in [0.25, 0.3) is 0 Å². The Bertz CT molecular complexity index is 958. The molecule has 2 aromatic heterocycles. The van der Waals surface area contributed by atoms with Gasteiger partial charge in [-0.2, -0.15) is 4.99 Å². The summed E-state index contributed by atoms with van der Waals surface area (Å²) in [6.07, 6.45) is 1.82. The molecule has 0 aliphatic heterocycles. The number of carbonyl (C=O) groups excluding carboxylic acids is 2. The summed E-state index contributed by atoms with van der Waals surface area (Å²) in [4.78, 5) is 29.7. The van der Waals surface area contributed by atoms with Crippen molar-refractivity contribution in [3.05, 3.63) is 67.6 Å². The molecule has 122 valence electrons. The molecule has 24 heavy (non-hydrogen) atoms. The van der Waals surface area contributed by atoms with Crippen LogP contribution in [0.3, 0.4) is 0 Å². The van der Waals surface area contributed by atoms with E-state index in [1.807, 2.05) is 24.0 Å². The van der Waals surface area contributed by atoms with Crippen molar-refractivity contribution in [1.29, 1.82) is 0 Å². The normalized spacial score (nSPS) is 11.5. The van der Waals surface area contributed by atoms with Gasteiger partial charge in [-0.05, 0) is 29.6 Å². The third-order valence-electron chi connectivity index (χ3n) is 3.16. The summed E-state index contributed by atoms with van der Waals surface area (Å²) in [5.74, 6) is -0.658. The van der Waals surface area contributed by atoms with E-state index in [4.69, 9.17) is 11.6 Å². The highest BCUT2D eigenvalue weighted by molar-refractivity contribution is 7.12. The van der Waals surface area contributed by atoms with Crippen LogP contribution in [0.2, 0.25) is 5.02 Å². The Kier molecular flexibility index (Phi) is 4.94. The number of aromatic nitrogens is 1. The van der Waals surface area contributed by atoms with E-state index in [1.54, 1.807) is 28.8 Å². The van der Waals surface area contributed by atoms with Gasteiger partial charge in [-0.15, -0.1) is 22.7 Å². The number of nitrogens with one attached hydrogen (secondary N) is 1. The number of nitrogens with zero attached hydrogens (tertiary/aromatic N) is 2. The number of thiophene rings is 1. The maximum Gasteiger partial charge on any atom is 0.279 e. The topological polar surface area (TPSA) is 63.5 Å². The minimum atomic E-state index is -0.392. The van der Waals surface area contributed by atoms with Gasteiger partial charge in [-0.3, -0.25) is 9.59 Å². The first-order valence-corrected chi connectivity index (χ1v) is 9.02. The van der Waals surface area contributed by atoms with Gasteiger partial charge in [0.25, 0.3) is 11.8 Å². The fourth-order valence-electron chi connectivity index (χ4n) is 1.93. The lowest BCUT2D eigenvalue weighted by Crippen LogP contribution is -2.13. The van der Waals surface area contributed by atoms with Crippen LogP contribution in [0.5, 0.6) is 0 Å². The second kappa shape index (κ2) is 7.12. The molecule has 5 nitrogen and oxygen atoms in total. The lowest BCUT2D eigenvalue weighted by atomic mass is 10.2. The number of rotatable bonds is 3. The standard InChI is InChI=1S/C16H12ClN3O2S2/c1-20-6-8-24-16(20)19-14(21)10-4-5-11(17)12(9-10)18-15(22)13-3-2-7-23-13/h2-9H,1H3,(H,18,22). The third kappa shape index (κ3) is 3.64. The molecule has 0 atom stereocenters. The predicted molar refractivity (Wildman–Crippen MR) is 96.9 cm³/mol. The number of amides is 2. The van der Waals surface area contributed by atoms with Gasteiger partial charge in [-0.25, -0.2) is 0 Å². The van der Waals surface area contributed by atoms with Gasteiger partial charge in [0.05, 0.1) is 15.6 Å². The highest BCUT2D eigenvalue weighted by atomic mass is 35.5. The first kappa shape index (κ1) is 16.6. The minimum Gasteiger partial charge on any atom is -0.327 e. The molecule has 2 heterocycles. The van der Waals surface area contributed by atoms with Gasteiger partial charge in [0.1, 0.15) is 0 Å². The number of benzene rings is 1. The van der Waals surface area contributed by atoms with Gasteiger partial charge in [0.2, 0.25) is 0 Å². The van der Waals surface area contributed by atoms with E-state index in [0.29, 0.717) is 26.0 Å². The zero-order chi connectivity index (χ0) is 17.1. The van der Waals surface area contributed by atoms with Crippen molar-refractivity contribution in [1.82, 2.24) is 4.57 Å². The molecule has 0 saturated heterocycles. The van der Waals surface area contributed by atoms with Gasteiger partial charge in [-0.1, -0.05) is 17.7 Å². The fraction of sp³-hybridized carbons (Fsp3) is 0.0625. The van der Waals surface area contributed by atoms with E-state index in [-0.39, 0.29) is 5.91 Å². The molecule has 0 saturated carbocycles. The number of hydrogen-bond donors (Lipinski definition) is 1. The Labute approximate surface area is 150 Å². The minimum absolute atomic E-state index is 0.266. The molecular formula is C16H12ClN3O2S2. The van der Waals surface area contributed by atoms with Gasteiger partial charge in [0, 0.05) is 24.2 Å². The quantitative estimate of drug-likeness (QED) is 0.754. The van der Waals surface area contributed by atoms with Crippen molar-refractivity contribution in [2.45, 2.75) is 0 Å². The number of halogens is 1. The molecule has 1 aromatic carbocycles. The van der Waals surface area contributed by atoms with Crippen LogP contribution in [-0.4, -0.2) is 16.4 Å². The van der Waals surface area contributed by atoms with Crippen LogP contribution >= 0.6 is 34.3 Å². The second-order valence-corrected chi connectivity index (χ2v) is 7.07. The summed E-state index contributed by atoms with van der Waals surface area (Å²) in [6.45, 7) is 0. The van der Waals surface area contributed by atoms with Crippen molar-refractivity contribution >= 4 is 51.8 Å². The van der Waals surface area contributed by atoms with E-state index < -0.39 is 5.91 Å². The summed E-state index contributed by atoms with van der Waals surface area (Å²) >= 11 is 8.82. The number of anilines is 1. The van der Waals surface area contributed by atoms with Crippen molar-refractivity contribution in [3.8, 4) is 0 Å². The molecule has 3 aromatic rings. The first-order valence-electron chi connectivity index (χ1n) is 6.88. The molecule has 1 N–H and O–H groups in total. The Morgan fingerprint density at radius 1 is 1.21 bits per heavy atom. The highest BCUT2D eigenvalue weighted by Crippen LogP contribution is 2.24. The van der Waals surface area contributed by atoms with Gasteiger partial charge >= 0.3 is 0 Å². The van der Waals surface area contributed by atoms with E-state index in [9.17, 15) is 9.59 Å². The van der Waals surface area contributed by atoms with Crippen molar-refractivity contribution in [2.75, 3.05) is 5.32 Å². The zero-order valence-corrected chi connectivity index (χ0v) is 14.9. The predicted octanol–water partition coefficient (Wildman–Crippen LogP) is 3.79. The summed E-state index contributed by atoms with van der Waals surface area (Å²) < 4.78 is 1.76. The van der Waals surface area contributed by atoms with Crippen molar-refractivity contribution in [3.63, 3.8) is 0 Å². The smallest absolute Gasteiger partial charge is 0.279 e. The molecule has 0 spiro atoms. The number of carbonyl (C=O) groups is 2. The fourth-order valence-corrected chi connectivity index (χ4v) is 3.44. The summed E-state index contributed by atoms with van der Waals surface area (Å²) in [5, 5.41) is 6.74. The number of aryl methyl sites for hydroxylation is 1. The number of hydrogen-bond acceptors (Lipinski definition) is 4. The van der Waals surface area contributed by atoms with Gasteiger partial charge < -0.3 is 9.88 Å². The average Bonchev–Trinajstić information content (AvgIpc) is 3.22. The molecule has 0 fully saturated rings. The maximum atomic E-state index is 12.3. The van der Waals surface area contributed by atoms with Crippen LogP contribution in [0.15, 0.2) is 52.3 Å². The molecule has 0 bridgehead atoms. The number of thiazole rings is 1. The SMILES string of the molecule is Cn1ccsc1=NC(=O)c1ccc(Cl)c(NC(=O)c2cccs2)c1. The maximum absolute atomic E-state index is 12.3. The van der Waals surface area contributed by atoms with Crippen LogP contribution < -0.4 is 10.1 Å². The molecule has 0 aliphatic carbocycles. The molecule has 3 rings (SSSR count). The van der Waals surface area contributed by atoms with Crippen LogP contribution in [0, 0.1) is 0 Å². The molecule has 0 aliphatic rings. The van der Waals surface area contributed by atoms with Crippen molar-refractivity contribution in [2.24, 2.45) is 12.0 Å². The van der Waals surface area contributed by atoms with Crippen LogP contribution in [0.4, 0.5) is 5.69 Å². The zero-order valence-electron chi connectivity index (χ0n) is 12.5. The van der Waals surface area contributed by atoms with E-state index in [0.717, 1.165) is 0 Å². The monoisotopic (exact) mass is 377 g/mol. The largest absolute Gasteiger partial charge is 0.327 e. The Morgan fingerprint density at radius 3 is 2.71 bits per heavy atom. The average molecular weight is 378 g/mol. The highest BCUT2D eigenvalue weighted by Gasteiger charge is 2.12. The van der Waals surface area contributed by atoms with Crippen LogP contribution in [0.1, 0.15) is 20.0 Å². The Morgan fingerprint density at radius 2 is 2.04 bits per heavy atom. The molecule has 2 amide bonds. The van der Waals surface area contributed by atoms with E-state index >= 15 is 0 Å². The van der Waals surface area contributed by atoms with E-state index in [1.165, 1.54) is 28.7 Å². The lowest BCUT2D eigenvalue weighted by Gasteiger charge is -2.07. The Hall–Kier alpha value is -2.22. The molecule has 0 unspecified atom stereocenters. The third-order valence-corrected chi connectivity index (χ3v) is 5.21. The summed E-state index contributed by atoms with van der Waals surface area (Å²) in [6, 6.07) is 8.20. The summed E-state index contributed by atoms with van der Waals surface area (Å²) in [7, 11) is 1.82. The van der Waals surface area contributed by atoms with Gasteiger partial charge in [0.15, 0.2) is 4.80 Å². The Balaban J connectivity index is 1.88. The molecular weight excluding hydrogens is 366 g/mol. The lowest BCUT2D eigenvalue weighted by molar-refractivity contribution is 0.0994.